The van der Waals surface area contributed by atoms with Crippen LogP contribution < -0.4 is 11.3 Å². The Morgan fingerprint density at radius 2 is 2.18 bits per heavy atom. The van der Waals surface area contributed by atoms with Crippen molar-refractivity contribution >= 4 is 11.3 Å². The Hall–Kier alpha value is -1.46. The predicted molar refractivity (Wildman–Crippen MR) is 70.0 cm³/mol. The lowest BCUT2D eigenvalue weighted by molar-refractivity contribution is 0.531. The average molecular weight is 249 g/mol. The number of nitrogens with zero attached hydrogens (tertiary/aromatic N) is 2. The van der Waals surface area contributed by atoms with Gasteiger partial charge in [0.05, 0.1) is 4.88 Å². The fourth-order valence-corrected chi connectivity index (χ4v) is 2.30. The van der Waals surface area contributed by atoms with Gasteiger partial charge in [0.2, 0.25) is 0 Å². The first-order valence-corrected chi connectivity index (χ1v) is 6.19. The molecule has 4 nitrogen and oxygen atoms in total. The Balaban J connectivity index is 2.67. The molecular weight excluding hydrogens is 234 g/mol. The SMILES string of the molecule is Cn1nc(-c2cccs2)cc(C(C)(C)N)c1=O. The van der Waals surface area contributed by atoms with Crippen molar-refractivity contribution < 1.29 is 0 Å². The number of nitrogens with two attached hydrogens (primary N) is 1. The van der Waals surface area contributed by atoms with Crippen LogP contribution in [0.25, 0.3) is 10.6 Å². The molecule has 2 N–H and O–H groups in total. The highest BCUT2D eigenvalue weighted by Crippen LogP contribution is 2.24. The molecule has 0 aliphatic carbocycles. The molecule has 0 fully saturated rings. The van der Waals surface area contributed by atoms with Gasteiger partial charge in [-0.1, -0.05) is 6.07 Å². The summed E-state index contributed by atoms with van der Waals surface area (Å²) in [5.41, 5.74) is 6.58. The fraction of sp³-hybridized carbons (Fsp3) is 0.333. The molecule has 0 spiro atoms. The van der Waals surface area contributed by atoms with E-state index in [9.17, 15) is 4.79 Å². The molecule has 0 radical (unpaired) electrons. The molecule has 0 amide bonds. The fourth-order valence-electron chi connectivity index (χ4n) is 1.61. The maximum absolute atomic E-state index is 12.0. The Morgan fingerprint density at radius 1 is 1.47 bits per heavy atom. The standard InChI is InChI=1S/C12H15N3OS/c1-12(2,13)8-7-9(10-5-4-6-17-10)14-15(3)11(8)16/h4-7H,13H2,1-3H3. The van der Waals surface area contributed by atoms with Crippen LogP contribution in [-0.2, 0) is 12.6 Å². The lowest BCUT2D eigenvalue weighted by Gasteiger charge is -2.19. The van der Waals surface area contributed by atoms with Crippen LogP contribution >= 0.6 is 11.3 Å². The highest BCUT2D eigenvalue weighted by atomic mass is 32.1. The maximum atomic E-state index is 12.0. The minimum absolute atomic E-state index is 0.141. The minimum atomic E-state index is -0.663. The van der Waals surface area contributed by atoms with Crippen LogP contribution in [0.15, 0.2) is 28.4 Å². The number of hydrogen-bond donors (Lipinski definition) is 1. The van der Waals surface area contributed by atoms with Crippen LogP contribution in [0.1, 0.15) is 19.4 Å². The second kappa shape index (κ2) is 4.09. The molecule has 0 saturated heterocycles. The smallest absolute Gasteiger partial charge is 0.271 e. The first-order chi connectivity index (χ1) is 7.89. The summed E-state index contributed by atoms with van der Waals surface area (Å²) in [7, 11) is 1.65. The van der Waals surface area contributed by atoms with Gasteiger partial charge in [0.1, 0.15) is 5.69 Å². The highest BCUT2D eigenvalue weighted by Gasteiger charge is 2.21. The predicted octanol–water partition coefficient (Wildman–Crippen LogP) is 1.70. The molecule has 2 aromatic rings. The topological polar surface area (TPSA) is 60.9 Å². The first kappa shape index (κ1) is 12.0. The second-order valence-electron chi connectivity index (χ2n) is 4.57. The summed E-state index contributed by atoms with van der Waals surface area (Å²) < 4.78 is 1.35. The van der Waals surface area contributed by atoms with Crippen LogP contribution in [0.2, 0.25) is 0 Å². The van der Waals surface area contributed by atoms with Gasteiger partial charge in [0.15, 0.2) is 0 Å². The van der Waals surface area contributed by atoms with Crippen molar-refractivity contribution in [3.63, 3.8) is 0 Å². The van der Waals surface area contributed by atoms with Crippen molar-refractivity contribution in [1.29, 1.82) is 0 Å². The maximum Gasteiger partial charge on any atom is 0.271 e. The van der Waals surface area contributed by atoms with E-state index in [2.05, 4.69) is 5.10 Å². The summed E-state index contributed by atoms with van der Waals surface area (Å²) >= 11 is 1.59. The third-order valence-electron chi connectivity index (χ3n) is 2.53. The zero-order valence-electron chi connectivity index (χ0n) is 10.1. The van der Waals surface area contributed by atoms with Crippen molar-refractivity contribution in [3.05, 3.63) is 39.5 Å². The Kier molecular flexibility index (Phi) is 2.89. The van der Waals surface area contributed by atoms with Crippen LogP contribution in [0.4, 0.5) is 0 Å². The molecule has 0 aromatic carbocycles. The van der Waals surface area contributed by atoms with Gasteiger partial charge in [-0.2, -0.15) is 5.10 Å². The molecule has 2 aromatic heterocycles. The number of aromatic nitrogens is 2. The molecule has 5 heteroatoms. The van der Waals surface area contributed by atoms with Gasteiger partial charge in [-0.15, -0.1) is 11.3 Å². The van der Waals surface area contributed by atoms with Gasteiger partial charge in [0, 0.05) is 18.2 Å². The van der Waals surface area contributed by atoms with E-state index in [0.717, 1.165) is 10.6 Å². The zero-order valence-corrected chi connectivity index (χ0v) is 10.9. The summed E-state index contributed by atoms with van der Waals surface area (Å²) in [4.78, 5) is 13.0. The number of thiophene rings is 1. The van der Waals surface area contributed by atoms with E-state index < -0.39 is 5.54 Å². The van der Waals surface area contributed by atoms with Gasteiger partial charge < -0.3 is 5.73 Å². The van der Waals surface area contributed by atoms with Crippen LogP contribution in [0.3, 0.4) is 0 Å². The van der Waals surface area contributed by atoms with Crippen molar-refractivity contribution in [3.8, 4) is 10.6 Å². The third-order valence-corrected chi connectivity index (χ3v) is 3.42. The first-order valence-electron chi connectivity index (χ1n) is 5.31. The van der Waals surface area contributed by atoms with E-state index in [1.165, 1.54) is 4.68 Å². The molecule has 0 unspecified atom stereocenters. The van der Waals surface area contributed by atoms with E-state index in [0.29, 0.717) is 5.56 Å². The van der Waals surface area contributed by atoms with E-state index in [-0.39, 0.29) is 5.56 Å². The Labute approximate surface area is 104 Å². The van der Waals surface area contributed by atoms with Crippen molar-refractivity contribution in [2.45, 2.75) is 19.4 Å². The van der Waals surface area contributed by atoms with Crippen molar-refractivity contribution in [2.75, 3.05) is 0 Å². The highest BCUT2D eigenvalue weighted by molar-refractivity contribution is 7.13. The normalized spacial score (nSPS) is 11.8. The number of aryl methyl sites for hydroxylation is 1. The van der Waals surface area contributed by atoms with Gasteiger partial charge in [-0.25, -0.2) is 4.68 Å². The van der Waals surface area contributed by atoms with E-state index in [1.54, 1.807) is 24.5 Å². The molecule has 0 atom stereocenters. The van der Waals surface area contributed by atoms with E-state index in [4.69, 9.17) is 5.73 Å². The van der Waals surface area contributed by atoms with E-state index in [1.807, 2.05) is 31.4 Å². The van der Waals surface area contributed by atoms with Crippen molar-refractivity contribution in [2.24, 2.45) is 12.8 Å². The second-order valence-corrected chi connectivity index (χ2v) is 5.52. The van der Waals surface area contributed by atoms with Crippen LogP contribution in [-0.4, -0.2) is 9.78 Å². The Morgan fingerprint density at radius 3 is 2.71 bits per heavy atom. The van der Waals surface area contributed by atoms with Crippen LogP contribution in [0, 0.1) is 0 Å². The lowest BCUT2D eigenvalue weighted by atomic mass is 9.97. The Bertz CT molecular complexity index is 579. The molecular formula is C12H15N3OS. The van der Waals surface area contributed by atoms with Gasteiger partial charge in [-0.3, -0.25) is 4.79 Å². The summed E-state index contributed by atoms with van der Waals surface area (Å²) in [6.07, 6.45) is 0. The molecule has 2 rings (SSSR count). The summed E-state index contributed by atoms with van der Waals surface area (Å²) in [5, 5.41) is 6.23. The molecule has 0 aliphatic rings. The van der Waals surface area contributed by atoms with Gasteiger partial charge in [-0.05, 0) is 31.4 Å². The zero-order chi connectivity index (χ0) is 12.6. The molecule has 0 aliphatic heterocycles. The number of hydrogen-bond acceptors (Lipinski definition) is 4. The summed E-state index contributed by atoms with van der Waals surface area (Å²) in [6.45, 7) is 3.64. The van der Waals surface area contributed by atoms with Gasteiger partial charge in [0.25, 0.3) is 5.56 Å². The molecule has 17 heavy (non-hydrogen) atoms. The molecule has 2 heterocycles. The molecule has 0 bridgehead atoms. The largest absolute Gasteiger partial charge is 0.322 e. The van der Waals surface area contributed by atoms with Crippen LogP contribution in [0.5, 0.6) is 0 Å². The lowest BCUT2D eigenvalue weighted by Crippen LogP contribution is -2.38. The molecule has 0 saturated carbocycles. The van der Waals surface area contributed by atoms with E-state index >= 15 is 0 Å². The quantitative estimate of drug-likeness (QED) is 0.881. The monoisotopic (exact) mass is 249 g/mol. The molecule has 90 valence electrons. The minimum Gasteiger partial charge on any atom is -0.322 e. The van der Waals surface area contributed by atoms with Crippen molar-refractivity contribution in [1.82, 2.24) is 9.78 Å². The summed E-state index contributed by atoms with van der Waals surface area (Å²) in [6, 6.07) is 5.72. The third kappa shape index (κ3) is 2.30. The van der Waals surface area contributed by atoms with Gasteiger partial charge >= 0.3 is 0 Å². The summed E-state index contributed by atoms with van der Waals surface area (Å²) in [5.74, 6) is 0. The number of rotatable bonds is 2. The average Bonchev–Trinajstić information content (AvgIpc) is 2.73.